The van der Waals surface area contributed by atoms with Crippen LogP contribution < -0.4 is 5.32 Å². The summed E-state index contributed by atoms with van der Waals surface area (Å²) in [4.78, 5) is 15.2. The Morgan fingerprint density at radius 2 is 1.74 bits per heavy atom. The van der Waals surface area contributed by atoms with Crippen LogP contribution in [-0.4, -0.2) is 36.0 Å². The molecule has 2 aromatic rings. The van der Waals surface area contributed by atoms with Crippen LogP contribution in [0.1, 0.15) is 59.5 Å². The molecule has 0 bridgehead atoms. The van der Waals surface area contributed by atoms with Gasteiger partial charge in [-0.15, -0.1) is 12.4 Å². The van der Waals surface area contributed by atoms with Crippen molar-refractivity contribution >= 4 is 41.5 Å². The number of piperidine rings is 2. The van der Waals surface area contributed by atoms with Gasteiger partial charge in [0.05, 0.1) is 21.2 Å². The number of hydrogen-bond donors (Lipinski definition) is 1. The molecule has 0 spiro atoms. The Hall–Kier alpha value is -1.54. The Labute approximate surface area is 212 Å². The Morgan fingerprint density at radius 3 is 2.41 bits per heavy atom. The second kappa shape index (κ2) is 11.0. The summed E-state index contributed by atoms with van der Waals surface area (Å²) in [7, 11) is 0. The van der Waals surface area contributed by atoms with Crippen molar-refractivity contribution in [2.24, 2.45) is 0 Å². The first-order valence-corrected chi connectivity index (χ1v) is 11.8. The number of benzene rings is 2. The van der Waals surface area contributed by atoms with Crippen LogP contribution in [0.2, 0.25) is 10.0 Å². The van der Waals surface area contributed by atoms with Crippen molar-refractivity contribution in [3.05, 3.63) is 69.0 Å². The van der Waals surface area contributed by atoms with E-state index in [0.717, 1.165) is 56.3 Å². The largest absolute Gasteiger partial charge is 0.417 e. The first-order valence-electron chi connectivity index (χ1n) is 11.0. The molecule has 3 atom stereocenters. The zero-order valence-corrected chi connectivity index (χ0v) is 20.5. The third-order valence-corrected chi connectivity index (χ3v) is 7.46. The van der Waals surface area contributed by atoms with E-state index in [1.807, 2.05) is 12.1 Å². The predicted octanol–water partition coefficient (Wildman–Crippen LogP) is 7.10. The predicted molar refractivity (Wildman–Crippen MR) is 128 cm³/mol. The monoisotopic (exact) mass is 538 g/mol. The highest BCUT2D eigenvalue weighted by atomic mass is 35.5. The van der Waals surface area contributed by atoms with Crippen LogP contribution in [-0.2, 0) is 6.18 Å². The second-order valence-electron chi connectivity index (χ2n) is 8.68. The Balaban J connectivity index is 0.00000324. The van der Waals surface area contributed by atoms with Crippen molar-refractivity contribution in [3.8, 4) is 0 Å². The fraction of sp³-hybridized carbons (Fsp3) is 0.458. The van der Waals surface area contributed by atoms with E-state index >= 15 is 0 Å². The maximum absolute atomic E-state index is 13.4. The minimum Gasteiger partial charge on any atom is -0.350 e. The molecule has 2 heterocycles. The molecular weight excluding hydrogens is 515 g/mol. The molecule has 0 aliphatic carbocycles. The molecule has 1 amide bonds. The molecule has 4 rings (SSSR count). The van der Waals surface area contributed by atoms with E-state index in [2.05, 4.69) is 10.2 Å². The first-order chi connectivity index (χ1) is 15.7. The molecule has 3 nitrogen and oxygen atoms in total. The van der Waals surface area contributed by atoms with Gasteiger partial charge in [-0.05, 0) is 68.0 Å². The average Bonchev–Trinajstić information content (AvgIpc) is 2.77. The van der Waals surface area contributed by atoms with E-state index in [1.54, 1.807) is 0 Å². The Kier molecular flexibility index (Phi) is 8.77. The lowest BCUT2D eigenvalue weighted by Gasteiger charge is -2.49. The number of rotatable bonds is 4. The zero-order chi connectivity index (χ0) is 23.8. The summed E-state index contributed by atoms with van der Waals surface area (Å²) in [5.74, 6) is -0.696. The van der Waals surface area contributed by atoms with Crippen molar-refractivity contribution in [1.82, 2.24) is 10.2 Å². The number of alkyl halides is 3. The highest BCUT2D eigenvalue weighted by Gasteiger charge is 2.40. The van der Waals surface area contributed by atoms with Gasteiger partial charge in [-0.25, -0.2) is 4.39 Å². The molecule has 2 fully saturated rings. The molecule has 1 N–H and O–H groups in total. The quantitative estimate of drug-likeness (QED) is 0.420. The minimum atomic E-state index is -4.68. The summed E-state index contributed by atoms with van der Waals surface area (Å²) in [5, 5.41) is 1.94. The molecule has 3 unspecified atom stereocenters. The van der Waals surface area contributed by atoms with Crippen LogP contribution in [0, 0.1) is 5.82 Å². The fourth-order valence-electron chi connectivity index (χ4n) is 5.19. The minimum absolute atomic E-state index is 0. The van der Waals surface area contributed by atoms with Crippen LogP contribution in [0.5, 0.6) is 0 Å². The van der Waals surface area contributed by atoms with Gasteiger partial charge in [-0.3, -0.25) is 9.69 Å². The molecule has 0 aromatic heterocycles. The molecule has 2 saturated heterocycles. The van der Waals surface area contributed by atoms with Crippen molar-refractivity contribution in [2.75, 3.05) is 13.1 Å². The highest BCUT2D eigenvalue weighted by molar-refractivity contribution is 6.40. The van der Waals surface area contributed by atoms with Crippen LogP contribution in [0.15, 0.2) is 36.4 Å². The van der Waals surface area contributed by atoms with Gasteiger partial charge in [0.2, 0.25) is 0 Å². The molecule has 0 radical (unpaired) electrons. The summed E-state index contributed by atoms with van der Waals surface area (Å²) >= 11 is 11.9. The number of halogens is 7. The van der Waals surface area contributed by atoms with Crippen LogP contribution in [0.3, 0.4) is 0 Å². The zero-order valence-electron chi connectivity index (χ0n) is 18.2. The van der Waals surface area contributed by atoms with Gasteiger partial charge in [0, 0.05) is 18.6 Å². The number of carbonyl (C=O) groups excluding carboxylic acids is 1. The van der Waals surface area contributed by atoms with Crippen LogP contribution in [0.25, 0.3) is 0 Å². The third kappa shape index (κ3) is 5.64. The van der Waals surface area contributed by atoms with Gasteiger partial charge in [0.15, 0.2) is 0 Å². The number of carbonyl (C=O) groups is 1. The SMILES string of the molecule is Cl.O=C(NCC1CCC(c2ccc(F)cc2)C2CCCCN12)c1c(Cl)ccc(C(F)(F)F)c1Cl. The standard InChI is InChI=1S/C24H24Cl2F4N2O.ClH/c25-19-11-10-18(24(28,29)30)22(26)21(19)23(33)31-13-16-8-9-17(14-4-6-15(27)7-5-14)20-3-1-2-12-32(16)20;/h4-7,10-11,16-17,20H,1-3,8-9,12-13H2,(H,31,33);1H. The highest BCUT2D eigenvalue weighted by Crippen LogP contribution is 2.41. The van der Waals surface area contributed by atoms with Gasteiger partial charge in [-0.1, -0.05) is 41.8 Å². The topological polar surface area (TPSA) is 32.3 Å². The van der Waals surface area contributed by atoms with Crippen molar-refractivity contribution < 1.29 is 22.4 Å². The van der Waals surface area contributed by atoms with Crippen LogP contribution in [0.4, 0.5) is 17.6 Å². The Bertz CT molecular complexity index is 1020. The molecule has 10 heteroatoms. The van der Waals surface area contributed by atoms with Crippen molar-refractivity contribution in [1.29, 1.82) is 0 Å². The Morgan fingerprint density at radius 1 is 1.03 bits per heavy atom. The van der Waals surface area contributed by atoms with Crippen LogP contribution >= 0.6 is 35.6 Å². The van der Waals surface area contributed by atoms with Gasteiger partial charge >= 0.3 is 6.18 Å². The fourth-order valence-corrected chi connectivity index (χ4v) is 5.84. The lowest BCUT2D eigenvalue weighted by molar-refractivity contribution is -0.137. The number of hydrogen-bond acceptors (Lipinski definition) is 2. The van der Waals surface area contributed by atoms with E-state index in [4.69, 9.17) is 23.2 Å². The lowest BCUT2D eigenvalue weighted by Crippen LogP contribution is -2.55. The summed E-state index contributed by atoms with van der Waals surface area (Å²) in [5.41, 5.74) is -0.337. The van der Waals surface area contributed by atoms with Gasteiger partial charge in [0.1, 0.15) is 5.82 Å². The maximum atomic E-state index is 13.4. The van der Waals surface area contributed by atoms with Crippen molar-refractivity contribution in [2.45, 2.75) is 56.3 Å². The number of nitrogens with zero attached hydrogens (tertiary/aromatic N) is 1. The van der Waals surface area contributed by atoms with Gasteiger partial charge in [-0.2, -0.15) is 13.2 Å². The smallest absolute Gasteiger partial charge is 0.350 e. The summed E-state index contributed by atoms with van der Waals surface area (Å²) in [6, 6.07) is 8.80. The molecule has 34 heavy (non-hydrogen) atoms. The van der Waals surface area contributed by atoms with E-state index in [0.29, 0.717) is 0 Å². The van der Waals surface area contributed by atoms with Crippen molar-refractivity contribution in [3.63, 3.8) is 0 Å². The molecule has 186 valence electrons. The van der Waals surface area contributed by atoms with E-state index < -0.39 is 22.7 Å². The number of fused-ring (bicyclic) bond motifs is 1. The normalized spacial score (nSPS) is 23.1. The van der Waals surface area contributed by atoms with E-state index in [-0.39, 0.29) is 53.4 Å². The van der Waals surface area contributed by atoms with Gasteiger partial charge < -0.3 is 5.32 Å². The van der Waals surface area contributed by atoms with Gasteiger partial charge in [0.25, 0.3) is 5.91 Å². The number of amides is 1. The molecule has 2 aliphatic heterocycles. The molecule has 2 aliphatic rings. The summed E-state index contributed by atoms with van der Waals surface area (Å²) in [6.45, 7) is 1.17. The summed E-state index contributed by atoms with van der Waals surface area (Å²) in [6.07, 6.45) is 0.172. The summed E-state index contributed by atoms with van der Waals surface area (Å²) < 4.78 is 53.0. The van der Waals surface area contributed by atoms with E-state index in [9.17, 15) is 22.4 Å². The number of nitrogens with one attached hydrogen (secondary N) is 1. The average molecular weight is 540 g/mol. The molecule has 0 saturated carbocycles. The molecular formula is C24H25Cl3F4N2O. The lowest BCUT2D eigenvalue weighted by atomic mass is 9.77. The maximum Gasteiger partial charge on any atom is 0.417 e. The molecule has 2 aromatic carbocycles. The third-order valence-electron chi connectivity index (χ3n) is 6.76. The van der Waals surface area contributed by atoms with E-state index in [1.165, 1.54) is 12.1 Å². The first kappa shape index (κ1) is 27.1. The second-order valence-corrected chi connectivity index (χ2v) is 9.47.